The molecular weight excluding hydrogens is 263 g/mol. The lowest BCUT2D eigenvalue weighted by atomic mass is 10.2. The zero-order valence-corrected chi connectivity index (χ0v) is 9.94. The Balaban J connectivity index is 2.13. The molecule has 0 aromatic heterocycles. The van der Waals surface area contributed by atoms with E-state index in [1.807, 2.05) is 0 Å². The summed E-state index contributed by atoms with van der Waals surface area (Å²) in [7, 11) is 0. The summed E-state index contributed by atoms with van der Waals surface area (Å²) in [6.45, 7) is 0.0925. The molecule has 0 heterocycles. The zero-order valence-electron chi connectivity index (χ0n) is 9.18. The number of hydrogen-bond donors (Lipinski definition) is 1. The third-order valence-electron chi connectivity index (χ3n) is 2.35. The van der Waals surface area contributed by atoms with Crippen LogP contribution in [0.5, 0.6) is 0 Å². The summed E-state index contributed by atoms with van der Waals surface area (Å²) in [4.78, 5) is 0. The van der Waals surface area contributed by atoms with Crippen molar-refractivity contribution in [3.05, 3.63) is 64.4 Å². The van der Waals surface area contributed by atoms with Crippen LogP contribution < -0.4 is 5.32 Å². The third kappa shape index (κ3) is 3.17. The van der Waals surface area contributed by atoms with Gasteiger partial charge in [-0.2, -0.15) is 0 Å². The van der Waals surface area contributed by atoms with Gasteiger partial charge in [0.1, 0.15) is 17.5 Å². The molecule has 94 valence electrons. The maximum Gasteiger partial charge on any atom is 0.128 e. The fourth-order valence-corrected chi connectivity index (χ4v) is 1.73. The summed E-state index contributed by atoms with van der Waals surface area (Å²) >= 11 is 5.73. The van der Waals surface area contributed by atoms with Gasteiger partial charge in [0.2, 0.25) is 0 Å². The van der Waals surface area contributed by atoms with E-state index < -0.39 is 17.5 Å². The number of hydrogen-bond acceptors (Lipinski definition) is 1. The first-order valence-electron chi connectivity index (χ1n) is 5.18. The smallest absolute Gasteiger partial charge is 0.128 e. The van der Waals surface area contributed by atoms with E-state index in [1.165, 1.54) is 18.2 Å². The highest BCUT2D eigenvalue weighted by Crippen LogP contribution is 2.18. The van der Waals surface area contributed by atoms with E-state index in [0.717, 1.165) is 18.2 Å². The molecule has 2 aromatic carbocycles. The van der Waals surface area contributed by atoms with Gasteiger partial charge in [0.15, 0.2) is 0 Å². The standard InChI is InChI=1S/C13H9ClF3N/c14-9-1-2-13(17)8(3-9)7-18-12-5-10(15)4-11(16)6-12/h1-6,18H,7H2. The van der Waals surface area contributed by atoms with Crippen LogP contribution in [0.2, 0.25) is 5.02 Å². The average molecular weight is 272 g/mol. The second-order valence-electron chi connectivity index (χ2n) is 3.75. The Hall–Kier alpha value is -1.68. The molecule has 1 N–H and O–H groups in total. The van der Waals surface area contributed by atoms with Crippen LogP contribution in [0.1, 0.15) is 5.56 Å². The molecule has 0 atom stereocenters. The van der Waals surface area contributed by atoms with Gasteiger partial charge in [0, 0.05) is 28.9 Å². The van der Waals surface area contributed by atoms with Crippen LogP contribution in [0, 0.1) is 17.5 Å². The van der Waals surface area contributed by atoms with Gasteiger partial charge in [0.05, 0.1) is 0 Å². The zero-order chi connectivity index (χ0) is 13.1. The van der Waals surface area contributed by atoms with Crippen molar-refractivity contribution in [1.29, 1.82) is 0 Å². The molecule has 0 aliphatic rings. The van der Waals surface area contributed by atoms with Crippen molar-refractivity contribution < 1.29 is 13.2 Å². The fourth-order valence-electron chi connectivity index (χ4n) is 1.53. The highest BCUT2D eigenvalue weighted by atomic mass is 35.5. The van der Waals surface area contributed by atoms with Crippen molar-refractivity contribution in [2.24, 2.45) is 0 Å². The summed E-state index contributed by atoms with van der Waals surface area (Å²) < 4.78 is 39.2. The Kier molecular flexibility index (Phi) is 3.77. The molecule has 0 unspecified atom stereocenters. The fraction of sp³-hybridized carbons (Fsp3) is 0.0769. The van der Waals surface area contributed by atoms with Crippen molar-refractivity contribution in [2.45, 2.75) is 6.54 Å². The van der Waals surface area contributed by atoms with E-state index in [9.17, 15) is 13.2 Å². The van der Waals surface area contributed by atoms with E-state index in [-0.39, 0.29) is 12.2 Å². The van der Waals surface area contributed by atoms with Gasteiger partial charge in [0.25, 0.3) is 0 Å². The Morgan fingerprint density at radius 2 is 1.61 bits per heavy atom. The summed E-state index contributed by atoms with van der Waals surface area (Å²) in [5, 5.41) is 3.13. The van der Waals surface area contributed by atoms with E-state index in [0.29, 0.717) is 10.6 Å². The predicted molar refractivity (Wildman–Crippen MR) is 65.1 cm³/mol. The van der Waals surface area contributed by atoms with Gasteiger partial charge in [-0.3, -0.25) is 0 Å². The third-order valence-corrected chi connectivity index (χ3v) is 2.59. The Morgan fingerprint density at radius 1 is 0.944 bits per heavy atom. The summed E-state index contributed by atoms with van der Waals surface area (Å²) in [6.07, 6.45) is 0. The lowest BCUT2D eigenvalue weighted by Crippen LogP contribution is -2.02. The minimum atomic E-state index is -0.691. The molecule has 0 saturated heterocycles. The van der Waals surface area contributed by atoms with Crippen molar-refractivity contribution in [2.75, 3.05) is 5.32 Å². The molecule has 0 fully saturated rings. The van der Waals surface area contributed by atoms with Crippen LogP contribution in [0.3, 0.4) is 0 Å². The number of anilines is 1. The van der Waals surface area contributed by atoms with Crippen molar-refractivity contribution in [1.82, 2.24) is 0 Å². The largest absolute Gasteiger partial charge is 0.381 e. The summed E-state index contributed by atoms with van der Waals surface area (Å²) in [5.41, 5.74) is 0.569. The molecular formula is C13H9ClF3N. The number of rotatable bonds is 3. The quantitative estimate of drug-likeness (QED) is 0.874. The van der Waals surface area contributed by atoms with E-state index in [2.05, 4.69) is 5.32 Å². The maximum atomic E-state index is 13.4. The molecule has 0 radical (unpaired) electrons. The van der Waals surface area contributed by atoms with Crippen LogP contribution in [-0.4, -0.2) is 0 Å². The first kappa shape index (κ1) is 12.8. The van der Waals surface area contributed by atoms with Crippen LogP contribution in [-0.2, 0) is 6.54 Å². The van der Waals surface area contributed by atoms with Gasteiger partial charge >= 0.3 is 0 Å². The molecule has 0 aliphatic heterocycles. The van der Waals surface area contributed by atoms with Gasteiger partial charge < -0.3 is 5.32 Å². The topological polar surface area (TPSA) is 12.0 Å². The normalized spacial score (nSPS) is 10.4. The maximum absolute atomic E-state index is 13.4. The van der Waals surface area contributed by atoms with E-state index in [4.69, 9.17) is 11.6 Å². The molecule has 0 aliphatic carbocycles. The van der Waals surface area contributed by atoms with Gasteiger partial charge in [-0.25, -0.2) is 13.2 Å². The molecule has 0 spiro atoms. The Bertz CT molecular complexity index is 552. The monoisotopic (exact) mass is 271 g/mol. The minimum Gasteiger partial charge on any atom is -0.381 e. The number of halogens is 4. The first-order chi connectivity index (χ1) is 8.54. The number of benzene rings is 2. The van der Waals surface area contributed by atoms with E-state index in [1.54, 1.807) is 0 Å². The predicted octanol–water partition coefficient (Wildman–Crippen LogP) is 4.37. The van der Waals surface area contributed by atoms with Crippen LogP contribution in [0.25, 0.3) is 0 Å². The molecule has 0 saturated carbocycles. The molecule has 0 amide bonds. The molecule has 1 nitrogen and oxygen atoms in total. The molecule has 0 bridgehead atoms. The number of nitrogens with one attached hydrogen (secondary N) is 1. The molecule has 18 heavy (non-hydrogen) atoms. The Morgan fingerprint density at radius 3 is 2.28 bits per heavy atom. The SMILES string of the molecule is Fc1cc(F)cc(NCc2cc(Cl)ccc2F)c1. The van der Waals surface area contributed by atoms with Gasteiger partial charge in [-0.15, -0.1) is 0 Å². The van der Waals surface area contributed by atoms with Crippen LogP contribution in [0.15, 0.2) is 36.4 Å². The van der Waals surface area contributed by atoms with Crippen LogP contribution >= 0.6 is 11.6 Å². The molecule has 2 rings (SSSR count). The average Bonchev–Trinajstić information content (AvgIpc) is 2.29. The highest BCUT2D eigenvalue weighted by molar-refractivity contribution is 6.30. The minimum absolute atomic E-state index is 0.0925. The van der Waals surface area contributed by atoms with Gasteiger partial charge in [-0.05, 0) is 30.3 Å². The van der Waals surface area contributed by atoms with Crippen molar-refractivity contribution in [3.8, 4) is 0 Å². The van der Waals surface area contributed by atoms with Crippen molar-refractivity contribution >= 4 is 17.3 Å². The summed E-state index contributed by atoms with van der Waals surface area (Å²) in [6, 6.07) is 7.16. The lowest BCUT2D eigenvalue weighted by Gasteiger charge is -2.08. The molecule has 2 aromatic rings. The summed E-state index contributed by atoms with van der Waals surface area (Å²) in [5.74, 6) is -1.81. The van der Waals surface area contributed by atoms with Crippen LogP contribution in [0.4, 0.5) is 18.9 Å². The van der Waals surface area contributed by atoms with E-state index >= 15 is 0 Å². The van der Waals surface area contributed by atoms with Gasteiger partial charge in [-0.1, -0.05) is 11.6 Å². The second kappa shape index (κ2) is 5.31. The second-order valence-corrected chi connectivity index (χ2v) is 4.18. The lowest BCUT2D eigenvalue weighted by molar-refractivity contribution is 0.584. The first-order valence-corrected chi connectivity index (χ1v) is 5.56. The van der Waals surface area contributed by atoms with Crippen molar-refractivity contribution in [3.63, 3.8) is 0 Å². The molecule has 5 heteroatoms. The Labute approximate surface area is 107 Å². The highest BCUT2D eigenvalue weighted by Gasteiger charge is 2.04.